The Morgan fingerprint density at radius 3 is 2.75 bits per heavy atom. The van der Waals surface area contributed by atoms with Crippen LogP contribution in [0, 0.1) is 0 Å². The molecule has 1 saturated heterocycles. The molecule has 2 N–H and O–H groups in total. The molecule has 0 bridgehead atoms. The number of nitrogens with zero attached hydrogens (tertiary/aromatic N) is 4. The molecule has 0 aliphatic carbocycles. The molecule has 2 aromatic heterocycles. The molecule has 8 nitrogen and oxygen atoms in total. The van der Waals surface area contributed by atoms with Gasteiger partial charge in [-0.3, -0.25) is 9.80 Å². The van der Waals surface area contributed by atoms with E-state index in [-0.39, 0.29) is 5.75 Å². The van der Waals surface area contributed by atoms with Gasteiger partial charge in [0, 0.05) is 37.6 Å². The first kappa shape index (κ1) is 20.3. The first-order valence-corrected chi connectivity index (χ1v) is 10.6. The van der Waals surface area contributed by atoms with E-state index in [1.165, 1.54) is 12.7 Å². The van der Waals surface area contributed by atoms with Crippen LogP contribution < -0.4 is 9.64 Å². The zero-order valence-electron chi connectivity index (χ0n) is 17.9. The fourth-order valence-electron chi connectivity index (χ4n) is 4.06. The average molecular weight is 431 g/mol. The van der Waals surface area contributed by atoms with E-state index in [0.29, 0.717) is 5.75 Å². The summed E-state index contributed by atoms with van der Waals surface area (Å²) in [5.74, 6) is 1.22. The Kier molecular flexibility index (Phi) is 5.62. The maximum absolute atomic E-state index is 10.5. The molecule has 32 heavy (non-hydrogen) atoms. The highest BCUT2D eigenvalue weighted by molar-refractivity contribution is 5.93. The molecule has 0 atom stereocenters. The van der Waals surface area contributed by atoms with Crippen LogP contribution in [0.2, 0.25) is 0 Å². The Bertz CT molecular complexity index is 1220. The number of methoxy groups -OCH3 is 1. The van der Waals surface area contributed by atoms with Gasteiger partial charge in [0.2, 0.25) is 0 Å². The number of phenols is 1. The lowest BCUT2D eigenvalue weighted by Crippen LogP contribution is -2.35. The number of H-pyrrole nitrogens is 1. The van der Waals surface area contributed by atoms with Crippen LogP contribution in [0.3, 0.4) is 0 Å². The fourth-order valence-corrected chi connectivity index (χ4v) is 4.06. The minimum atomic E-state index is 0.0684. The van der Waals surface area contributed by atoms with Crippen LogP contribution in [-0.4, -0.2) is 58.4 Å². The Labute approximate surface area is 186 Å². The Morgan fingerprint density at radius 2 is 1.94 bits per heavy atom. The summed E-state index contributed by atoms with van der Waals surface area (Å²) >= 11 is 0. The second kappa shape index (κ2) is 8.86. The van der Waals surface area contributed by atoms with Crippen molar-refractivity contribution in [1.82, 2.24) is 19.9 Å². The highest BCUT2D eigenvalue weighted by Crippen LogP contribution is 2.40. The third-order valence-electron chi connectivity index (χ3n) is 5.64. The molecule has 0 amide bonds. The van der Waals surface area contributed by atoms with Crippen LogP contribution in [0.4, 0.5) is 17.2 Å². The number of aromatic nitrogens is 3. The molecule has 0 radical (unpaired) electrons. The van der Waals surface area contributed by atoms with E-state index in [1.807, 2.05) is 29.3 Å². The molecule has 2 aromatic carbocycles. The van der Waals surface area contributed by atoms with Crippen molar-refractivity contribution in [3.8, 4) is 11.5 Å². The molecule has 3 heterocycles. The van der Waals surface area contributed by atoms with E-state index < -0.39 is 0 Å². The van der Waals surface area contributed by atoms with Crippen molar-refractivity contribution in [2.45, 2.75) is 6.54 Å². The van der Waals surface area contributed by atoms with Crippen LogP contribution in [0.5, 0.6) is 11.5 Å². The summed E-state index contributed by atoms with van der Waals surface area (Å²) in [7, 11) is 1.54. The summed E-state index contributed by atoms with van der Waals surface area (Å²) < 4.78 is 10.7. The molecular formula is C24H25N5O3. The van der Waals surface area contributed by atoms with E-state index in [1.54, 1.807) is 18.5 Å². The largest absolute Gasteiger partial charge is 0.504 e. The molecule has 0 saturated carbocycles. The van der Waals surface area contributed by atoms with E-state index in [2.05, 4.69) is 38.1 Å². The third kappa shape index (κ3) is 3.98. The van der Waals surface area contributed by atoms with Gasteiger partial charge in [0.1, 0.15) is 12.0 Å². The number of rotatable bonds is 6. The van der Waals surface area contributed by atoms with Crippen molar-refractivity contribution in [3.63, 3.8) is 0 Å². The van der Waals surface area contributed by atoms with Gasteiger partial charge in [0.25, 0.3) is 0 Å². The summed E-state index contributed by atoms with van der Waals surface area (Å²) in [6.45, 7) is 4.24. The van der Waals surface area contributed by atoms with Crippen LogP contribution in [0.15, 0.2) is 61.1 Å². The molecule has 1 fully saturated rings. The lowest BCUT2D eigenvalue weighted by Gasteiger charge is -2.28. The summed E-state index contributed by atoms with van der Waals surface area (Å²) in [5.41, 5.74) is 3.67. The maximum Gasteiger partial charge on any atom is 0.160 e. The van der Waals surface area contributed by atoms with Gasteiger partial charge in [-0.25, -0.2) is 9.97 Å². The molecule has 0 spiro atoms. The van der Waals surface area contributed by atoms with Crippen molar-refractivity contribution >= 4 is 28.2 Å². The van der Waals surface area contributed by atoms with Crippen molar-refractivity contribution in [3.05, 3.63) is 66.6 Å². The molecule has 4 aromatic rings. The van der Waals surface area contributed by atoms with Crippen molar-refractivity contribution in [2.75, 3.05) is 38.3 Å². The minimum absolute atomic E-state index is 0.0684. The van der Waals surface area contributed by atoms with Crippen LogP contribution >= 0.6 is 0 Å². The Balaban J connectivity index is 1.59. The summed E-state index contributed by atoms with van der Waals surface area (Å²) in [6, 6.07) is 15.7. The molecule has 1 aliphatic rings. The van der Waals surface area contributed by atoms with Crippen LogP contribution in [-0.2, 0) is 11.3 Å². The number of ether oxygens (including phenoxy) is 2. The van der Waals surface area contributed by atoms with Gasteiger partial charge < -0.3 is 19.6 Å². The second-order valence-corrected chi connectivity index (χ2v) is 7.69. The number of aromatic amines is 1. The number of anilines is 3. The van der Waals surface area contributed by atoms with Gasteiger partial charge in [-0.15, -0.1) is 0 Å². The Hall–Kier alpha value is -3.62. The number of morpholine rings is 1. The van der Waals surface area contributed by atoms with Gasteiger partial charge in [-0.05, 0) is 35.9 Å². The summed E-state index contributed by atoms with van der Waals surface area (Å²) in [5, 5.41) is 11.4. The topological polar surface area (TPSA) is 86.7 Å². The zero-order valence-corrected chi connectivity index (χ0v) is 17.9. The predicted molar refractivity (Wildman–Crippen MR) is 123 cm³/mol. The number of fused-ring (bicyclic) bond motifs is 1. The average Bonchev–Trinajstić information content (AvgIpc) is 3.30. The number of aromatic hydroxyl groups is 1. The monoisotopic (exact) mass is 431 g/mol. The van der Waals surface area contributed by atoms with Crippen molar-refractivity contribution in [2.24, 2.45) is 0 Å². The second-order valence-electron chi connectivity index (χ2n) is 7.69. The summed E-state index contributed by atoms with van der Waals surface area (Å²) in [6.07, 6.45) is 3.39. The van der Waals surface area contributed by atoms with Gasteiger partial charge in [0.05, 0.1) is 31.4 Å². The highest BCUT2D eigenvalue weighted by Gasteiger charge is 2.20. The zero-order chi connectivity index (χ0) is 21.9. The van der Waals surface area contributed by atoms with E-state index in [4.69, 9.17) is 9.47 Å². The van der Waals surface area contributed by atoms with Gasteiger partial charge in [-0.1, -0.05) is 12.1 Å². The minimum Gasteiger partial charge on any atom is -0.504 e. The number of hydrogen-bond acceptors (Lipinski definition) is 7. The molecular weight excluding hydrogens is 406 g/mol. The van der Waals surface area contributed by atoms with Crippen LogP contribution in [0.25, 0.3) is 11.0 Å². The molecule has 1 aliphatic heterocycles. The van der Waals surface area contributed by atoms with Gasteiger partial charge in [-0.2, -0.15) is 0 Å². The predicted octanol–water partition coefficient (Wildman–Crippen LogP) is 3.97. The van der Waals surface area contributed by atoms with Crippen molar-refractivity contribution < 1.29 is 14.6 Å². The molecule has 8 heteroatoms. The highest BCUT2D eigenvalue weighted by atomic mass is 16.5. The van der Waals surface area contributed by atoms with Crippen LogP contribution in [0.1, 0.15) is 5.56 Å². The lowest BCUT2D eigenvalue weighted by atomic mass is 10.1. The van der Waals surface area contributed by atoms with E-state index >= 15 is 0 Å². The number of benzene rings is 2. The van der Waals surface area contributed by atoms with Gasteiger partial charge >= 0.3 is 0 Å². The third-order valence-corrected chi connectivity index (χ3v) is 5.64. The SMILES string of the molecule is COc1ccc(N(c2cccc(CN3CCOCC3)c2)c2ncnc3[nH]ccc23)cc1O. The van der Waals surface area contributed by atoms with Gasteiger partial charge in [0.15, 0.2) is 17.3 Å². The Morgan fingerprint density at radius 1 is 1.09 bits per heavy atom. The van der Waals surface area contributed by atoms with Crippen molar-refractivity contribution in [1.29, 1.82) is 0 Å². The summed E-state index contributed by atoms with van der Waals surface area (Å²) in [4.78, 5) is 16.5. The van der Waals surface area contributed by atoms with E-state index in [0.717, 1.165) is 61.1 Å². The molecule has 0 unspecified atom stereocenters. The first-order chi connectivity index (χ1) is 15.7. The molecule has 5 rings (SSSR count). The quantitative estimate of drug-likeness (QED) is 0.478. The number of hydrogen-bond donors (Lipinski definition) is 2. The number of phenolic OH excluding ortho intramolecular Hbond substituents is 1. The maximum atomic E-state index is 10.5. The fraction of sp³-hybridized carbons (Fsp3) is 0.250. The lowest BCUT2D eigenvalue weighted by molar-refractivity contribution is 0.0342. The standard InChI is InChI=1S/C24H25N5O3/c1-31-22-6-5-19(14-21(22)30)29(24-20-7-8-25-23(20)26-16-27-24)18-4-2-3-17(13-18)15-28-9-11-32-12-10-28/h2-8,13-14,16,30H,9-12,15H2,1H3,(H,25,26,27). The first-order valence-electron chi connectivity index (χ1n) is 10.6. The normalized spacial score (nSPS) is 14.5. The smallest absolute Gasteiger partial charge is 0.160 e. The van der Waals surface area contributed by atoms with E-state index in [9.17, 15) is 5.11 Å². The molecule has 164 valence electrons. The number of nitrogens with one attached hydrogen (secondary N) is 1.